The van der Waals surface area contributed by atoms with E-state index in [-0.39, 0.29) is 29.9 Å². The Morgan fingerprint density at radius 2 is 1.90 bits per heavy atom. The number of nitrogens with zero attached hydrogens (tertiary/aromatic N) is 4. The maximum Gasteiger partial charge on any atom is 0.272 e. The molecule has 2 aliphatic rings. The second kappa shape index (κ2) is 8.73. The molecule has 8 heteroatoms. The highest BCUT2D eigenvalue weighted by Gasteiger charge is 2.28. The number of fused-ring (bicyclic) bond motifs is 1. The van der Waals surface area contributed by atoms with Crippen LogP contribution in [0.5, 0.6) is 0 Å². The van der Waals surface area contributed by atoms with Crippen molar-refractivity contribution in [1.29, 1.82) is 0 Å². The number of benzene rings is 1. The predicted molar refractivity (Wildman–Crippen MR) is 106 cm³/mol. The molecule has 3 heterocycles. The van der Waals surface area contributed by atoms with E-state index < -0.39 is 0 Å². The summed E-state index contributed by atoms with van der Waals surface area (Å²) in [4.78, 5) is 29.2. The second-order valence-corrected chi connectivity index (χ2v) is 7.61. The van der Waals surface area contributed by atoms with Gasteiger partial charge < -0.3 is 15.1 Å². The van der Waals surface area contributed by atoms with E-state index in [0.29, 0.717) is 30.9 Å². The molecular formula is C21H26FN5O2. The Kier molecular flexibility index (Phi) is 5.89. The molecule has 1 saturated heterocycles. The quantitative estimate of drug-likeness (QED) is 0.805. The molecule has 0 spiro atoms. The summed E-state index contributed by atoms with van der Waals surface area (Å²) in [6.07, 6.45) is 3.71. The molecular weight excluding hydrogens is 373 g/mol. The fraction of sp³-hybridized carbons (Fsp3) is 0.476. The third-order valence-corrected chi connectivity index (χ3v) is 5.58. The lowest BCUT2D eigenvalue weighted by atomic mass is 10.1. The van der Waals surface area contributed by atoms with Gasteiger partial charge >= 0.3 is 0 Å². The summed E-state index contributed by atoms with van der Waals surface area (Å²) < 4.78 is 15.5. The van der Waals surface area contributed by atoms with Gasteiger partial charge in [0, 0.05) is 37.8 Å². The highest BCUT2D eigenvalue weighted by atomic mass is 19.1. The Labute approximate surface area is 169 Å². The van der Waals surface area contributed by atoms with Crippen molar-refractivity contribution in [3.05, 3.63) is 53.1 Å². The third-order valence-electron chi connectivity index (χ3n) is 5.58. The zero-order valence-corrected chi connectivity index (χ0v) is 16.4. The zero-order chi connectivity index (χ0) is 20.2. The van der Waals surface area contributed by atoms with Gasteiger partial charge in [0.25, 0.3) is 11.8 Å². The van der Waals surface area contributed by atoms with E-state index >= 15 is 0 Å². The fourth-order valence-electron chi connectivity index (χ4n) is 3.93. The van der Waals surface area contributed by atoms with Crippen molar-refractivity contribution in [2.75, 3.05) is 32.7 Å². The lowest BCUT2D eigenvalue weighted by molar-refractivity contribution is 0.0681. The van der Waals surface area contributed by atoms with Crippen molar-refractivity contribution in [2.45, 2.75) is 32.4 Å². The largest absolute Gasteiger partial charge is 0.349 e. The minimum Gasteiger partial charge on any atom is -0.349 e. The molecule has 0 unspecified atom stereocenters. The van der Waals surface area contributed by atoms with Gasteiger partial charge in [0.1, 0.15) is 11.5 Å². The molecule has 2 aromatic rings. The van der Waals surface area contributed by atoms with E-state index in [0.717, 1.165) is 19.6 Å². The molecule has 4 rings (SSSR count). The molecule has 2 amide bonds. The number of carbonyl (C=O) groups excluding carboxylic acids is 2. The van der Waals surface area contributed by atoms with E-state index in [2.05, 4.69) is 15.3 Å². The van der Waals surface area contributed by atoms with Crippen LogP contribution in [0.1, 0.15) is 45.8 Å². The number of nitrogens with one attached hydrogen (secondary N) is 1. The van der Waals surface area contributed by atoms with Crippen LogP contribution in [-0.2, 0) is 13.1 Å². The Morgan fingerprint density at radius 3 is 2.69 bits per heavy atom. The van der Waals surface area contributed by atoms with Crippen molar-refractivity contribution in [1.82, 2.24) is 24.9 Å². The first-order valence-corrected chi connectivity index (χ1v) is 10.2. The maximum absolute atomic E-state index is 13.9. The minimum atomic E-state index is -0.326. The minimum absolute atomic E-state index is 0.202. The summed E-state index contributed by atoms with van der Waals surface area (Å²) in [6.45, 7) is 4.67. The molecule has 0 bridgehead atoms. The summed E-state index contributed by atoms with van der Waals surface area (Å²) in [5, 5.41) is 7.19. The van der Waals surface area contributed by atoms with Gasteiger partial charge in [-0.25, -0.2) is 4.39 Å². The Morgan fingerprint density at radius 1 is 1.10 bits per heavy atom. The standard InChI is InChI=1S/C21H26FN5O2/c22-17-7-3-2-6-16(17)15-26-12-13-27-19(21(26)29)14-18(24-27)20(28)23-8-11-25-9-4-1-5-10-25/h2-3,6-7,14H,1,4-5,8-13,15H2,(H,23,28). The van der Waals surface area contributed by atoms with Crippen molar-refractivity contribution in [3.8, 4) is 0 Å². The first kappa shape index (κ1) is 19.6. The van der Waals surface area contributed by atoms with Crippen molar-refractivity contribution in [3.63, 3.8) is 0 Å². The van der Waals surface area contributed by atoms with Crippen molar-refractivity contribution in [2.24, 2.45) is 0 Å². The number of aromatic nitrogens is 2. The van der Waals surface area contributed by atoms with Gasteiger partial charge in [0.15, 0.2) is 5.69 Å². The lowest BCUT2D eigenvalue weighted by Gasteiger charge is -2.27. The second-order valence-electron chi connectivity index (χ2n) is 7.61. The van der Waals surface area contributed by atoms with Gasteiger partial charge in [-0.05, 0) is 32.0 Å². The first-order valence-electron chi connectivity index (χ1n) is 10.2. The van der Waals surface area contributed by atoms with Gasteiger partial charge in [-0.15, -0.1) is 0 Å². The van der Waals surface area contributed by atoms with Crippen LogP contribution in [0.2, 0.25) is 0 Å². The molecule has 0 radical (unpaired) electrons. The number of likely N-dealkylation sites (tertiary alicyclic amines) is 1. The molecule has 154 valence electrons. The summed E-state index contributed by atoms with van der Waals surface area (Å²) in [5.74, 6) is -0.829. The predicted octanol–water partition coefficient (Wildman–Crippen LogP) is 1.89. The Bertz CT molecular complexity index is 891. The van der Waals surface area contributed by atoms with E-state index in [1.54, 1.807) is 27.8 Å². The summed E-state index contributed by atoms with van der Waals surface area (Å²) in [5.41, 5.74) is 1.10. The van der Waals surface area contributed by atoms with E-state index in [1.165, 1.54) is 31.4 Å². The molecule has 2 aliphatic heterocycles. The zero-order valence-electron chi connectivity index (χ0n) is 16.4. The van der Waals surface area contributed by atoms with Crippen LogP contribution in [0.4, 0.5) is 4.39 Å². The summed E-state index contributed by atoms with van der Waals surface area (Å²) in [7, 11) is 0. The number of amides is 2. The van der Waals surface area contributed by atoms with Gasteiger partial charge in [-0.2, -0.15) is 5.10 Å². The average Bonchev–Trinajstić information content (AvgIpc) is 3.18. The number of hydrogen-bond donors (Lipinski definition) is 1. The number of carbonyl (C=O) groups is 2. The Balaban J connectivity index is 1.36. The molecule has 0 atom stereocenters. The summed E-state index contributed by atoms with van der Waals surface area (Å²) >= 11 is 0. The van der Waals surface area contributed by atoms with Crippen LogP contribution in [-0.4, -0.2) is 64.1 Å². The molecule has 1 aromatic heterocycles. The molecule has 1 aromatic carbocycles. The van der Waals surface area contributed by atoms with Crippen LogP contribution >= 0.6 is 0 Å². The normalized spacial score (nSPS) is 17.3. The van der Waals surface area contributed by atoms with Crippen LogP contribution in [0, 0.1) is 5.82 Å². The molecule has 7 nitrogen and oxygen atoms in total. The number of hydrogen-bond acceptors (Lipinski definition) is 4. The van der Waals surface area contributed by atoms with E-state index in [1.807, 2.05) is 0 Å². The van der Waals surface area contributed by atoms with Gasteiger partial charge in [0.2, 0.25) is 0 Å². The van der Waals surface area contributed by atoms with Crippen molar-refractivity contribution < 1.29 is 14.0 Å². The molecule has 1 N–H and O–H groups in total. The number of halogens is 1. The van der Waals surface area contributed by atoms with Crippen LogP contribution in [0.3, 0.4) is 0 Å². The fourth-order valence-corrected chi connectivity index (χ4v) is 3.93. The third kappa shape index (κ3) is 4.48. The van der Waals surface area contributed by atoms with Crippen LogP contribution in [0.25, 0.3) is 0 Å². The molecule has 0 aliphatic carbocycles. The highest BCUT2D eigenvalue weighted by Crippen LogP contribution is 2.18. The monoisotopic (exact) mass is 399 g/mol. The topological polar surface area (TPSA) is 70.5 Å². The number of rotatable bonds is 6. The van der Waals surface area contributed by atoms with Gasteiger partial charge in [-0.1, -0.05) is 24.6 Å². The first-order chi connectivity index (χ1) is 14.1. The Hall–Kier alpha value is -2.74. The molecule has 0 saturated carbocycles. The van der Waals surface area contributed by atoms with Gasteiger partial charge in [-0.3, -0.25) is 14.3 Å². The smallest absolute Gasteiger partial charge is 0.272 e. The molecule has 1 fully saturated rings. The van der Waals surface area contributed by atoms with Crippen LogP contribution < -0.4 is 5.32 Å². The lowest BCUT2D eigenvalue weighted by Crippen LogP contribution is -2.40. The number of piperidine rings is 1. The van der Waals surface area contributed by atoms with E-state index in [9.17, 15) is 14.0 Å². The molecule has 29 heavy (non-hydrogen) atoms. The SMILES string of the molecule is O=C(NCCN1CCCCC1)c1cc2n(n1)CCN(Cc1ccccc1F)C2=O. The van der Waals surface area contributed by atoms with E-state index in [4.69, 9.17) is 0 Å². The van der Waals surface area contributed by atoms with Gasteiger partial charge in [0.05, 0.1) is 6.54 Å². The summed E-state index contributed by atoms with van der Waals surface area (Å²) in [6, 6.07) is 7.98. The highest BCUT2D eigenvalue weighted by molar-refractivity contribution is 5.98. The van der Waals surface area contributed by atoms with Crippen LogP contribution in [0.15, 0.2) is 30.3 Å². The average molecular weight is 399 g/mol. The van der Waals surface area contributed by atoms with Crippen molar-refractivity contribution >= 4 is 11.8 Å². The maximum atomic E-state index is 13.9.